The van der Waals surface area contributed by atoms with Gasteiger partial charge in [-0.05, 0) is 25.7 Å². The molecular weight excluding hydrogens is 312 g/mol. The fraction of sp³-hybridized carbons (Fsp3) is 0.833. The van der Waals surface area contributed by atoms with Crippen molar-refractivity contribution in [3.05, 3.63) is 0 Å². The van der Waals surface area contributed by atoms with E-state index in [1.54, 1.807) is 0 Å². The summed E-state index contributed by atoms with van der Waals surface area (Å²) in [4.78, 5) is 34.1. The van der Waals surface area contributed by atoms with E-state index in [1.807, 2.05) is 0 Å². The quantitative estimate of drug-likeness (QED) is 0.380. The molecule has 0 spiro atoms. The van der Waals surface area contributed by atoms with Gasteiger partial charge in [0.05, 0.1) is 12.8 Å². The van der Waals surface area contributed by atoms with Crippen LogP contribution < -0.4 is 0 Å². The van der Waals surface area contributed by atoms with Crippen LogP contribution in [0.5, 0.6) is 0 Å². The Balaban J connectivity index is 4.49. The summed E-state index contributed by atoms with van der Waals surface area (Å²) in [6.07, 6.45) is 5.56. The average Bonchev–Trinajstić information content (AvgIpc) is 2.46. The summed E-state index contributed by atoms with van der Waals surface area (Å²) in [5.74, 6) is -1.90. The molecule has 0 heterocycles. The molecule has 0 radical (unpaired) electrons. The van der Waals surface area contributed by atoms with E-state index >= 15 is 0 Å². The maximum Gasteiger partial charge on any atom is 0.309 e. The highest BCUT2D eigenvalue weighted by atomic mass is 16.6. The minimum Gasteiger partial charge on any atom is -0.481 e. The molecule has 1 N–H and O–H groups in total. The second-order valence-electron chi connectivity index (χ2n) is 6.14. The minimum atomic E-state index is -0.983. The Hall–Kier alpha value is -1.59. The number of aliphatic carboxylic acids is 1. The Morgan fingerprint density at radius 1 is 0.833 bits per heavy atom. The van der Waals surface area contributed by atoms with Crippen LogP contribution in [-0.2, 0) is 23.9 Å². The van der Waals surface area contributed by atoms with Crippen molar-refractivity contribution in [2.45, 2.75) is 97.2 Å². The smallest absolute Gasteiger partial charge is 0.309 e. The molecule has 0 aliphatic carbocycles. The Morgan fingerprint density at radius 2 is 1.33 bits per heavy atom. The second-order valence-corrected chi connectivity index (χ2v) is 6.14. The fourth-order valence-electron chi connectivity index (χ4n) is 2.50. The summed E-state index contributed by atoms with van der Waals surface area (Å²) in [5.41, 5.74) is 0. The van der Waals surface area contributed by atoms with Crippen LogP contribution in [-0.4, -0.2) is 35.2 Å². The minimum absolute atomic E-state index is 0.0206. The summed E-state index contributed by atoms with van der Waals surface area (Å²) < 4.78 is 10.5. The lowest BCUT2D eigenvalue weighted by atomic mass is 10.1. The zero-order chi connectivity index (χ0) is 18.4. The zero-order valence-electron chi connectivity index (χ0n) is 15.2. The summed E-state index contributed by atoms with van der Waals surface area (Å²) in [6.45, 7) is 5.44. The van der Waals surface area contributed by atoms with Crippen molar-refractivity contribution in [3.8, 4) is 0 Å². The molecule has 0 rings (SSSR count). The largest absolute Gasteiger partial charge is 0.481 e. The van der Waals surface area contributed by atoms with Gasteiger partial charge in [0.2, 0.25) is 0 Å². The molecule has 0 aliphatic rings. The molecule has 0 aliphatic heterocycles. The summed E-state index contributed by atoms with van der Waals surface area (Å²) >= 11 is 0. The predicted molar refractivity (Wildman–Crippen MR) is 90.6 cm³/mol. The van der Waals surface area contributed by atoms with E-state index in [9.17, 15) is 14.4 Å². The van der Waals surface area contributed by atoms with E-state index in [2.05, 4.69) is 13.8 Å². The monoisotopic (exact) mass is 344 g/mol. The molecule has 24 heavy (non-hydrogen) atoms. The second kappa shape index (κ2) is 13.8. The van der Waals surface area contributed by atoms with Gasteiger partial charge >= 0.3 is 17.9 Å². The van der Waals surface area contributed by atoms with Crippen LogP contribution in [0.1, 0.15) is 85.0 Å². The van der Waals surface area contributed by atoms with E-state index < -0.39 is 30.1 Å². The van der Waals surface area contributed by atoms with Crippen LogP contribution in [0, 0.1) is 0 Å². The van der Waals surface area contributed by atoms with E-state index in [-0.39, 0.29) is 12.8 Å². The van der Waals surface area contributed by atoms with E-state index in [1.165, 1.54) is 6.92 Å². The van der Waals surface area contributed by atoms with Crippen LogP contribution in [0.3, 0.4) is 0 Å². The van der Waals surface area contributed by atoms with Gasteiger partial charge in [0.1, 0.15) is 12.2 Å². The van der Waals surface area contributed by atoms with Crippen molar-refractivity contribution in [2.24, 2.45) is 0 Å². The third kappa shape index (κ3) is 12.9. The van der Waals surface area contributed by atoms with Gasteiger partial charge in [0.15, 0.2) is 0 Å². The standard InChI is InChI=1S/C18H32O6/c1-4-6-8-10-15(12-17(20)21)24-18(22)13-16(23-14(3)19)11-9-7-5-2/h15-16H,4-13H2,1-3H3,(H,20,21)/t15-,16-/m1/s1. The first kappa shape index (κ1) is 22.4. The van der Waals surface area contributed by atoms with Crippen LogP contribution >= 0.6 is 0 Å². The highest BCUT2D eigenvalue weighted by molar-refractivity contribution is 5.72. The average molecular weight is 344 g/mol. The summed E-state index contributed by atoms with van der Waals surface area (Å²) in [5, 5.41) is 8.94. The van der Waals surface area contributed by atoms with Crippen LogP contribution in [0.25, 0.3) is 0 Å². The maximum atomic E-state index is 12.1. The molecule has 6 nitrogen and oxygen atoms in total. The molecule has 6 heteroatoms. The molecule has 0 aromatic rings. The lowest BCUT2D eigenvalue weighted by Gasteiger charge is -2.19. The normalized spacial score (nSPS) is 13.1. The van der Waals surface area contributed by atoms with Gasteiger partial charge in [-0.3, -0.25) is 14.4 Å². The van der Waals surface area contributed by atoms with Gasteiger partial charge in [-0.25, -0.2) is 0 Å². The number of unbranched alkanes of at least 4 members (excludes halogenated alkanes) is 4. The van der Waals surface area contributed by atoms with Crippen molar-refractivity contribution >= 4 is 17.9 Å². The lowest BCUT2D eigenvalue weighted by Crippen LogP contribution is -2.26. The lowest BCUT2D eigenvalue weighted by molar-refractivity contribution is -0.158. The first-order valence-corrected chi connectivity index (χ1v) is 8.97. The highest BCUT2D eigenvalue weighted by Crippen LogP contribution is 2.15. The van der Waals surface area contributed by atoms with E-state index in [4.69, 9.17) is 14.6 Å². The zero-order valence-corrected chi connectivity index (χ0v) is 15.2. The third-order valence-corrected chi connectivity index (χ3v) is 3.69. The molecule has 0 saturated carbocycles. The molecule has 0 aromatic heterocycles. The van der Waals surface area contributed by atoms with Crippen LogP contribution in [0.15, 0.2) is 0 Å². The molecule has 0 aromatic carbocycles. The molecule has 0 unspecified atom stereocenters. The van der Waals surface area contributed by atoms with Crippen molar-refractivity contribution in [1.29, 1.82) is 0 Å². The molecule has 0 amide bonds. The molecule has 140 valence electrons. The fourth-order valence-corrected chi connectivity index (χ4v) is 2.50. The number of carboxylic acid groups (broad SMARTS) is 1. The number of esters is 2. The number of hydrogen-bond donors (Lipinski definition) is 1. The Bertz CT molecular complexity index is 346. The molecule has 0 bridgehead atoms. The van der Waals surface area contributed by atoms with Gasteiger partial charge in [0, 0.05) is 6.92 Å². The molecule has 0 fully saturated rings. The number of carboxylic acids is 1. The predicted octanol–water partition coefficient (Wildman–Crippen LogP) is 3.86. The third-order valence-electron chi connectivity index (χ3n) is 3.69. The molecule has 0 saturated heterocycles. The Morgan fingerprint density at radius 3 is 1.75 bits per heavy atom. The topological polar surface area (TPSA) is 89.9 Å². The van der Waals surface area contributed by atoms with Crippen molar-refractivity contribution in [3.63, 3.8) is 0 Å². The number of carbonyl (C=O) groups excluding carboxylic acids is 2. The number of ether oxygens (including phenoxy) is 2. The highest BCUT2D eigenvalue weighted by Gasteiger charge is 2.22. The van der Waals surface area contributed by atoms with Crippen LogP contribution in [0.4, 0.5) is 0 Å². The van der Waals surface area contributed by atoms with Gasteiger partial charge in [-0.1, -0.05) is 39.5 Å². The Labute approximate surface area is 144 Å². The first-order valence-electron chi connectivity index (χ1n) is 8.97. The van der Waals surface area contributed by atoms with Crippen molar-refractivity contribution in [1.82, 2.24) is 0 Å². The Kier molecular flexibility index (Phi) is 12.9. The van der Waals surface area contributed by atoms with Crippen LogP contribution in [0.2, 0.25) is 0 Å². The number of hydrogen-bond acceptors (Lipinski definition) is 5. The summed E-state index contributed by atoms with van der Waals surface area (Å²) in [6, 6.07) is 0. The van der Waals surface area contributed by atoms with Gasteiger partial charge in [0.25, 0.3) is 0 Å². The first-order chi connectivity index (χ1) is 11.4. The maximum absolute atomic E-state index is 12.1. The van der Waals surface area contributed by atoms with Crippen molar-refractivity contribution < 1.29 is 29.0 Å². The van der Waals surface area contributed by atoms with Crippen molar-refractivity contribution in [2.75, 3.05) is 0 Å². The summed E-state index contributed by atoms with van der Waals surface area (Å²) in [7, 11) is 0. The van der Waals surface area contributed by atoms with E-state index in [0.717, 1.165) is 38.5 Å². The molecule has 2 atom stereocenters. The van der Waals surface area contributed by atoms with E-state index in [0.29, 0.717) is 12.8 Å². The number of rotatable bonds is 14. The SMILES string of the molecule is CCCCC[C@H](CC(=O)O[C@H](CCCCC)CC(=O)O)OC(C)=O. The van der Waals surface area contributed by atoms with Gasteiger partial charge in [-0.2, -0.15) is 0 Å². The number of carbonyl (C=O) groups is 3. The van der Waals surface area contributed by atoms with Gasteiger partial charge in [-0.15, -0.1) is 0 Å². The van der Waals surface area contributed by atoms with Gasteiger partial charge < -0.3 is 14.6 Å². The molecular formula is C18H32O6.